The van der Waals surface area contributed by atoms with Gasteiger partial charge in [0.05, 0.1) is 22.3 Å². The Labute approximate surface area is 416 Å². The summed E-state index contributed by atoms with van der Waals surface area (Å²) in [4.78, 5) is 50.7. The zero-order valence-corrected chi connectivity index (χ0v) is 37.1. The molecule has 0 fully saturated rings. The Bertz CT molecular complexity index is 2960. The van der Waals surface area contributed by atoms with Gasteiger partial charge < -0.3 is 4.74 Å². The summed E-state index contributed by atoms with van der Waals surface area (Å²) in [5.74, 6) is -122. The van der Waals surface area contributed by atoms with Crippen molar-refractivity contribution in [3.8, 4) is 11.5 Å². The first kappa shape index (κ1) is 67.5. The first-order chi connectivity index (χ1) is 35.2. The van der Waals surface area contributed by atoms with Gasteiger partial charge in [-0.25, -0.2) is 0 Å². The monoisotopic (exact) mass is 1300 g/mol. The van der Waals surface area contributed by atoms with Crippen LogP contribution in [0.3, 0.4) is 0 Å². The average molecular weight is 1300 g/mol. The van der Waals surface area contributed by atoms with Crippen LogP contribution >= 0.6 is 0 Å². The Morgan fingerprint density at radius 3 is 0.704 bits per heavy atom. The van der Waals surface area contributed by atoms with Crippen LogP contribution in [0, 0.1) is 0 Å². The fraction of sp³-hybridized carbons (Fsp3) is 0.500. The van der Waals surface area contributed by atoms with Crippen LogP contribution in [-0.2, 0) is 28.8 Å². The molecule has 2 aliphatic rings. The highest BCUT2D eigenvalue weighted by Crippen LogP contribution is 2.67. The van der Waals surface area contributed by atoms with E-state index in [-0.39, 0.29) is 36.4 Å². The first-order valence-electron chi connectivity index (χ1n) is 18.3. The van der Waals surface area contributed by atoms with E-state index >= 15 is 0 Å². The molecule has 2 heterocycles. The molecular weight excluding hydrogens is 1300 g/mol. The van der Waals surface area contributed by atoms with Gasteiger partial charge in [0.2, 0.25) is 0 Å². The number of carbonyl (C=O) groups excluding carboxylic acids is 4. The van der Waals surface area contributed by atoms with Crippen LogP contribution in [0.2, 0.25) is 0 Å². The van der Waals surface area contributed by atoms with Gasteiger partial charge in [0, 0.05) is 0 Å². The molecule has 0 bridgehead atoms. The number of ether oxygens (including phenoxy) is 1. The molecule has 460 valence electrons. The van der Waals surface area contributed by atoms with Gasteiger partial charge in [-0.15, -0.1) is 18.7 Å². The van der Waals surface area contributed by atoms with Crippen LogP contribution in [-0.4, -0.2) is 145 Å². The lowest BCUT2D eigenvalue weighted by Crippen LogP contribution is -2.75. The molecular formula is C32H6F34N2O11S2. The topological polar surface area (TPSA) is 171 Å². The number of carbonyl (C=O) groups is 4. The summed E-state index contributed by atoms with van der Waals surface area (Å²) >= 11 is 0. The van der Waals surface area contributed by atoms with Gasteiger partial charge in [0.1, 0.15) is 11.5 Å². The number of fused-ring (bicyclic) bond motifs is 2. The second-order valence-electron chi connectivity index (χ2n) is 15.3. The Hall–Kier alpha value is -6.04. The second-order valence-corrected chi connectivity index (χ2v) is 18.4. The molecule has 13 nitrogen and oxygen atoms in total. The summed E-state index contributed by atoms with van der Waals surface area (Å²) in [6.45, 7) is 0. The molecule has 81 heavy (non-hydrogen) atoms. The first-order valence-corrected chi connectivity index (χ1v) is 21.1. The highest BCUT2D eigenvalue weighted by molar-refractivity contribution is 7.88. The van der Waals surface area contributed by atoms with Crippen molar-refractivity contribution in [1.29, 1.82) is 0 Å². The molecule has 0 saturated heterocycles. The summed E-state index contributed by atoms with van der Waals surface area (Å²) in [6.07, 6.45) is -16.3. The van der Waals surface area contributed by atoms with Crippen LogP contribution in [0.25, 0.3) is 0 Å². The predicted molar refractivity (Wildman–Crippen MR) is 175 cm³/mol. The van der Waals surface area contributed by atoms with E-state index in [1.165, 1.54) is 0 Å². The summed E-state index contributed by atoms with van der Waals surface area (Å²) < 4.78 is 524. The molecule has 4 amide bonds. The molecule has 0 N–H and O–H groups in total. The molecule has 49 heteroatoms. The van der Waals surface area contributed by atoms with E-state index in [0.29, 0.717) is 0 Å². The predicted octanol–water partition coefficient (Wildman–Crippen LogP) is 11.1. The lowest BCUT2D eigenvalue weighted by Gasteiger charge is -2.42. The van der Waals surface area contributed by atoms with Gasteiger partial charge >= 0.3 is 114 Å². The maximum atomic E-state index is 14.6. The van der Waals surface area contributed by atoms with Gasteiger partial charge in [0.25, 0.3) is 23.6 Å². The Morgan fingerprint density at radius 2 is 0.481 bits per heavy atom. The van der Waals surface area contributed by atoms with Gasteiger partial charge in [-0.05, 0) is 36.4 Å². The molecule has 0 unspecified atom stereocenters. The lowest BCUT2D eigenvalue weighted by atomic mass is 9.91. The summed E-state index contributed by atoms with van der Waals surface area (Å²) in [6, 6.07) is 0.568. The van der Waals surface area contributed by atoms with Crippen LogP contribution in [0.1, 0.15) is 41.4 Å². The lowest BCUT2D eigenvalue weighted by molar-refractivity contribution is -0.458. The van der Waals surface area contributed by atoms with Gasteiger partial charge in [-0.3, -0.25) is 19.2 Å². The van der Waals surface area contributed by atoms with E-state index in [1.807, 2.05) is 0 Å². The summed E-state index contributed by atoms with van der Waals surface area (Å²) in [5, 5.41) is -20.4. The van der Waals surface area contributed by atoms with E-state index < -0.39 is 182 Å². The number of imide groups is 2. The third-order valence-electron chi connectivity index (χ3n) is 10.2. The van der Waals surface area contributed by atoms with Crippen LogP contribution in [0.15, 0.2) is 36.4 Å². The van der Waals surface area contributed by atoms with Crippen molar-refractivity contribution in [3.05, 3.63) is 58.7 Å². The molecule has 0 saturated carbocycles. The smallest absolute Gasteiger partial charge is 0.457 e. The molecule has 0 atom stereocenters. The van der Waals surface area contributed by atoms with Crippen LogP contribution in [0.5, 0.6) is 11.5 Å². The number of nitrogens with zero attached hydrogens (tertiary/aromatic N) is 2. The SMILES string of the molecule is O=C1c2ccc(Oc3ccc4c(c3)C(=O)N(OS(=O)(=O)C(F)(F)C(F)(F)C(F)(F)C(F)(F)C(F)(F)C(F)(F)C(F)(F)C(F)(F)F)C4=O)cc2C(=O)N1OS(=O)(=O)C(F)(F)C(F)(F)C(F)(F)C(F)(F)C(F)(F)C(F)(F)C(F)(F)C(F)(F)F. The van der Waals surface area contributed by atoms with E-state index in [0.717, 1.165) is 0 Å². The fourth-order valence-electron chi connectivity index (χ4n) is 5.70. The zero-order chi connectivity index (χ0) is 64.3. The van der Waals surface area contributed by atoms with Gasteiger partial charge in [-0.2, -0.15) is 166 Å². The quantitative estimate of drug-likeness (QED) is 0.0913. The number of alkyl halides is 34. The Morgan fingerprint density at radius 1 is 0.284 bits per heavy atom. The van der Waals surface area contributed by atoms with Crippen molar-refractivity contribution in [2.24, 2.45) is 0 Å². The number of halogens is 34. The average Bonchev–Trinajstić information content (AvgIpc) is 3.65. The summed E-state index contributed by atoms with van der Waals surface area (Å²) in [5.41, 5.74) is -6.27. The third kappa shape index (κ3) is 8.69. The standard InChI is InChI=1S/C32H6F34N2O11S2/c33-17(34,21(41,42)25(49,50)29(57,58)59)19(37,38)23(45,46)27(53,54)31(63,64)80(73,74)78-67-13(69)9-3-1-7(5-11(9)15(67)71)77-8-2-4-10-12(6-8)16(72)68(14(10)70)79-81(75,76)32(65,66)28(55,56)24(47,48)20(39,40)18(35,36)22(43,44)26(51,52)30(60,61)62/h1-6H. The molecule has 0 spiro atoms. The fourth-order valence-corrected chi connectivity index (χ4v) is 7.43. The molecule has 0 aromatic heterocycles. The van der Waals surface area contributed by atoms with Crippen molar-refractivity contribution in [1.82, 2.24) is 10.1 Å². The highest BCUT2D eigenvalue weighted by Gasteiger charge is 2.98. The minimum atomic E-state index is -9.33. The number of amides is 4. The number of hydrogen-bond acceptors (Lipinski definition) is 11. The van der Waals surface area contributed by atoms with Crippen molar-refractivity contribution >= 4 is 43.9 Å². The van der Waals surface area contributed by atoms with Crippen molar-refractivity contribution in [2.45, 2.75) is 93.9 Å². The summed E-state index contributed by atoms with van der Waals surface area (Å²) in [7, 11) is -17.3. The molecule has 0 aliphatic carbocycles. The minimum absolute atomic E-state index is 0.0331. The third-order valence-corrected chi connectivity index (χ3v) is 12.7. The largest absolute Gasteiger partial charge is 0.460 e. The van der Waals surface area contributed by atoms with Crippen LogP contribution in [0.4, 0.5) is 149 Å². The molecule has 2 aromatic carbocycles. The number of hydroxylamine groups is 4. The van der Waals surface area contributed by atoms with Crippen molar-refractivity contribution in [2.75, 3.05) is 0 Å². The zero-order valence-electron chi connectivity index (χ0n) is 35.5. The van der Waals surface area contributed by atoms with Crippen molar-refractivity contribution in [3.63, 3.8) is 0 Å². The number of rotatable bonds is 20. The maximum absolute atomic E-state index is 14.6. The van der Waals surface area contributed by atoms with E-state index in [1.54, 1.807) is 0 Å². The molecule has 4 rings (SSSR count). The van der Waals surface area contributed by atoms with Gasteiger partial charge in [0.15, 0.2) is 0 Å². The normalized spacial score (nSPS) is 17.1. The number of hydrogen-bond donors (Lipinski definition) is 0. The highest BCUT2D eigenvalue weighted by atomic mass is 32.2. The van der Waals surface area contributed by atoms with E-state index in [2.05, 4.69) is 8.57 Å². The van der Waals surface area contributed by atoms with E-state index in [9.17, 15) is 185 Å². The molecule has 2 aliphatic heterocycles. The number of benzene rings is 2. The van der Waals surface area contributed by atoms with Gasteiger partial charge in [-0.1, -0.05) is 0 Å². The Kier molecular flexibility index (Phi) is 15.2. The molecule has 2 aromatic rings. The second kappa shape index (κ2) is 18.2. The van der Waals surface area contributed by atoms with Crippen LogP contribution < -0.4 is 4.74 Å². The Balaban J connectivity index is 1.62. The maximum Gasteiger partial charge on any atom is 0.460 e. The minimum Gasteiger partial charge on any atom is -0.457 e. The van der Waals surface area contributed by atoms with E-state index in [4.69, 9.17) is 4.74 Å². The van der Waals surface area contributed by atoms with Crippen molar-refractivity contribution < 1.29 is 199 Å². The molecule has 0 radical (unpaired) electrons.